The van der Waals surface area contributed by atoms with Gasteiger partial charge in [-0.25, -0.2) is 0 Å². The molecule has 0 unspecified atom stereocenters. The molecule has 0 atom stereocenters. The average molecular weight is 306 g/mol. The molecule has 0 aliphatic carbocycles. The predicted octanol–water partition coefficient (Wildman–Crippen LogP) is 0.539. The maximum Gasteiger partial charge on any atom is 0.305 e. The van der Waals surface area contributed by atoms with Gasteiger partial charge >= 0.3 is 5.97 Å². The van der Waals surface area contributed by atoms with Crippen molar-refractivity contribution in [2.45, 2.75) is 24.8 Å². The third-order valence-corrected chi connectivity index (χ3v) is 3.73. The lowest BCUT2D eigenvalue weighted by molar-refractivity contribution is -0.139. The van der Waals surface area contributed by atoms with Gasteiger partial charge in [-0.2, -0.15) is 0 Å². The summed E-state index contributed by atoms with van der Waals surface area (Å²) < 4.78 is 5.24. The van der Waals surface area contributed by atoms with E-state index < -0.39 is 23.3 Å². The topological polar surface area (TPSA) is 119 Å². The first kappa shape index (κ1) is 16.0. The summed E-state index contributed by atoms with van der Waals surface area (Å²) in [7, 11) is 0. The Morgan fingerprint density at radius 2 is 1.86 bits per heavy atom. The van der Waals surface area contributed by atoms with Crippen LogP contribution in [0.2, 0.25) is 0 Å². The zero-order valence-corrected chi connectivity index (χ0v) is 12.0. The molecule has 1 saturated heterocycles. The van der Waals surface area contributed by atoms with Crippen LogP contribution in [0, 0.1) is 0 Å². The fraction of sp³-hybridized carbons (Fsp3) is 0.400. The molecule has 1 aliphatic rings. The Bertz CT molecular complexity index is 593. The summed E-state index contributed by atoms with van der Waals surface area (Å²) in [5.41, 5.74) is 4.86. The number of nitrogens with two attached hydrogens (primary N) is 1. The summed E-state index contributed by atoms with van der Waals surface area (Å²) in [6.45, 7) is 0.795. The lowest BCUT2D eigenvalue weighted by atomic mass is 9.86. The molecule has 1 aromatic carbocycles. The summed E-state index contributed by atoms with van der Waals surface area (Å²) in [6, 6.07) is 6.02. The van der Waals surface area contributed by atoms with Crippen molar-refractivity contribution in [3.05, 3.63) is 35.4 Å². The number of carboxylic acid groups (broad SMARTS) is 1. The molecule has 0 radical (unpaired) electrons. The zero-order chi connectivity index (χ0) is 16.2. The Labute approximate surface area is 127 Å². The second kappa shape index (κ2) is 6.57. The van der Waals surface area contributed by atoms with Gasteiger partial charge in [0.1, 0.15) is 0 Å². The van der Waals surface area contributed by atoms with Gasteiger partial charge in [0.2, 0.25) is 5.91 Å². The van der Waals surface area contributed by atoms with Crippen LogP contribution >= 0.6 is 0 Å². The predicted molar refractivity (Wildman–Crippen MR) is 77.5 cm³/mol. The standard InChI is InChI=1S/C15H18N2O5/c16-13(20)10-2-1-3-11(8-10)14(21)17-15(9-12(18)19)4-6-22-7-5-15/h1-3,8H,4-7,9H2,(H2,16,20)(H,17,21)(H,18,19). The van der Waals surface area contributed by atoms with Crippen LogP contribution in [0.5, 0.6) is 0 Å². The van der Waals surface area contributed by atoms with Crippen LogP contribution in [0.4, 0.5) is 0 Å². The molecule has 22 heavy (non-hydrogen) atoms. The van der Waals surface area contributed by atoms with Crippen molar-refractivity contribution in [3.63, 3.8) is 0 Å². The minimum Gasteiger partial charge on any atom is -0.481 e. The Balaban J connectivity index is 2.19. The van der Waals surface area contributed by atoms with Crippen molar-refractivity contribution < 1.29 is 24.2 Å². The number of carboxylic acids is 1. The summed E-state index contributed by atoms with van der Waals surface area (Å²) in [6.07, 6.45) is 0.693. The smallest absolute Gasteiger partial charge is 0.305 e. The lowest BCUT2D eigenvalue weighted by Crippen LogP contribution is -2.53. The minimum absolute atomic E-state index is 0.169. The number of aliphatic carboxylic acids is 1. The van der Waals surface area contributed by atoms with Crippen molar-refractivity contribution in [2.75, 3.05) is 13.2 Å². The molecule has 0 spiro atoms. The van der Waals surface area contributed by atoms with Crippen molar-refractivity contribution >= 4 is 17.8 Å². The van der Waals surface area contributed by atoms with E-state index in [0.29, 0.717) is 26.1 Å². The van der Waals surface area contributed by atoms with E-state index in [1.54, 1.807) is 12.1 Å². The highest BCUT2D eigenvalue weighted by atomic mass is 16.5. The van der Waals surface area contributed by atoms with Gasteiger partial charge in [0, 0.05) is 24.3 Å². The van der Waals surface area contributed by atoms with Gasteiger partial charge in [-0.3, -0.25) is 14.4 Å². The largest absolute Gasteiger partial charge is 0.481 e. The molecule has 1 aromatic rings. The summed E-state index contributed by atoms with van der Waals surface area (Å²) in [4.78, 5) is 34.6. The van der Waals surface area contributed by atoms with Crippen molar-refractivity contribution in [3.8, 4) is 0 Å². The second-order valence-corrected chi connectivity index (χ2v) is 5.36. The van der Waals surface area contributed by atoms with E-state index in [4.69, 9.17) is 15.6 Å². The SMILES string of the molecule is NC(=O)c1cccc(C(=O)NC2(CC(=O)O)CCOCC2)c1. The van der Waals surface area contributed by atoms with Crippen LogP contribution in [-0.2, 0) is 9.53 Å². The molecule has 0 saturated carbocycles. The summed E-state index contributed by atoms with van der Waals surface area (Å²) in [5.74, 6) is -2.03. The second-order valence-electron chi connectivity index (χ2n) is 5.36. The van der Waals surface area contributed by atoms with E-state index in [1.165, 1.54) is 12.1 Å². The van der Waals surface area contributed by atoms with E-state index in [0.717, 1.165) is 0 Å². The average Bonchev–Trinajstić information content (AvgIpc) is 2.47. The van der Waals surface area contributed by atoms with Gasteiger partial charge < -0.3 is 20.9 Å². The van der Waals surface area contributed by atoms with Crippen molar-refractivity contribution in [1.82, 2.24) is 5.32 Å². The number of rotatable bonds is 5. The fourth-order valence-corrected chi connectivity index (χ4v) is 2.52. The molecule has 2 amide bonds. The molecule has 1 aliphatic heterocycles. The number of amides is 2. The Hall–Kier alpha value is -2.41. The summed E-state index contributed by atoms with van der Waals surface area (Å²) in [5, 5.41) is 11.9. The molecule has 1 fully saturated rings. The Morgan fingerprint density at radius 1 is 1.23 bits per heavy atom. The van der Waals surface area contributed by atoms with Gasteiger partial charge in [0.25, 0.3) is 5.91 Å². The molecule has 1 heterocycles. The monoisotopic (exact) mass is 306 g/mol. The molecule has 2 rings (SSSR count). The van der Waals surface area contributed by atoms with Gasteiger partial charge in [-0.1, -0.05) is 6.07 Å². The Morgan fingerprint density at radius 3 is 2.45 bits per heavy atom. The molecule has 7 nitrogen and oxygen atoms in total. The van der Waals surface area contributed by atoms with E-state index in [2.05, 4.69) is 5.32 Å². The maximum atomic E-state index is 12.4. The first-order valence-corrected chi connectivity index (χ1v) is 6.94. The molecular formula is C15H18N2O5. The molecule has 7 heteroatoms. The van der Waals surface area contributed by atoms with Crippen LogP contribution in [-0.4, -0.2) is 41.6 Å². The van der Waals surface area contributed by atoms with Crippen LogP contribution < -0.4 is 11.1 Å². The minimum atomic E-state index is -0.979. The molecular weight excluding hydrogens is 288 g/mol. The van der Waals surface area contributed by atoms with Gasteiger partial charge in [0.05, 0.1) is 12.0 Å². The van der Waals surface area contributed by atoms with Gasteiger partial charge in [0.15, 0.2) is 0 Å². The molecule has 0 bridgehead atoms. The van der Waals surface area contributed by atoms with Crippen molar-refractivity contribution in [2.24, 2.45) is 5.73 Å². The third-order valence-electron chi connectivity index (χ3n) is 3.73. The number of primary amides is 1. The Kier molecular flexibility index (Phi) is 4.77. The highest BCUT2D eigenvalue weighted by molar-refractivity contribution is 5.99. The number of hydrogen-bond donors (Lipinski definition) is 3. The zero-order valence-electron chi connectivity index (χ0n) is 12.0. The number of carbonyl (C=O) groups excluding carboxylic acids is 2. The van der Waals surface area contributed by atoms with Crippen LogP contribution in [0.25, 0.3) is 0 Å². The van der Waals surface area contributed by atoms with Gasteiger partial charge in [-0.15, -0.1) is 0 Å². The van der Waals surface area contributed by atoms with E-state index >= 15 is 0 Å². The first-order chi connectivity index (χ1) is 10.4. The quantitative estimate of drug-likeness (QED) is 0.733. The number of ether oxygens (including phenoxy) is 1. The maximum absolute atomic E-state index is 12.4. The highest BCUT2D eigenvalue weighted by Crippen LogP contribution is 2.25. The number of carbonyl (C=O) groups is 3. The molecule has 4 N–H and O–H groups in total. The fourth-order valence-electron chi connectivity index (χ4n) is 2.52. The van der Waals surface area contributed by atoms with Crippen LogP contribution in [0.3, 0.4) is 0 Å². The number of benzene rings is 1. The van der Waals surface area contributed by atoms with Crippen LogP contribution in [0.15, 0.2) is 24.3 Å². The van der Waals surface area contributed by atoms with E-state index in [1.807, 2.05) is 0 Å². The first-order valence-electron chi connectivity index (χ1n) is 6.94. The van der Waals surface area contributed by atoms with Crippen molar-refractivity contribution in [1.29, 1.82) is 0 Å². The van der Waals surface area contributed by atoms with E-state index in [-0.39, 0.29) is 17.5 Å². The third kappa shape index (κ3) is 3.82. The van der Waals surface area contributed by atoms with Gasteiger partial charge in [-0.05, 0) is 31.0 Å². The molecule has 118 valence electrons. The van der Waals surface area contributed by atoms with Crippen LogP contribution in [0.1, 0.15) is 40.0 Å². The highest BCUT2D eigenvalue weighted by Gasteiger charge is 2.36. The molecule has 0 aromatic heterocycles. The number of nitrogens with one attached hydrogen (secondary N) is 1. The summed E-state index contributed by atoms with van der Waals surface area (Å²) >= 11 is 0. The van der Waals surface area contributed by atoms with E-state index in [9.17, 15) is 14.4 Å². The number of hydrogen-bond acceptors (Lipinski definition) is 4. The lowest BCUT2D eigenvalue weighted by Gasteiger charge is -2.36. The normalized spacial score (nSPS) is 16.7.